The van der Waals surface area contributed by atoms with Crippen molar-refractivity contribution < 1.29 is 4.52 Å². The first-order valence-electron chi connectivity index (χ1n) is 8.30. The van der Waals surface area contributed by atoms with Crippen LogP contribution in [-0.4, -0.2) is 36.8 Å². The minimum atomic E-state index is 0.467. The van der Waals surface area contributed by atoms with Gasteiger partial charge < -0.3 is 9.42 Å². The number of aryl methyl sites for hydroxylation is 3. The summed E-state index contributed by atoms with van der Waals surface area (Å²) in [4.78, 5) is 15.1. The van der Waals surface area contributed by atoms with Crippen LogP contribution in [0.3, 0.4) is 0 Å². The molecule has 4 aromatic heterocycles. The summed E-state index contributed by atoms with van der Waals surface area (Å²) in [6.07, 6.45) is 3.41. The topological polar surface area (TPSA) is 85.2 Å². The molecule has 0 radical (unpaired) electrons. The van der Waals surface area contributed by atoms with Gasteiger partial charge in [0, 0.05) is 42.3 Å². The molecule has 4 rings (SSSR count). The van der Waals surface area contributed by atoms with Crippen LogP contribution in [-0.2, 0) is 6.54 Å². The average molecular weight is 349 g/mol. The maximum absolute atomic E-state index is 5.41. The van der Waals surface area contributed by atoms with Crippen LogP contribution in [0, 0.1) is 20.8 Å². The first kappa shape index (κ1) is 16.2. The number of aromatic nitrogens is 6. The lowest BCUT2D eigenvalue weighted by molar-refractivity contribution is 0.378. The Bertz CT molecular complexity index is 1070. The summed E-state index contributed by atoms with van der Waals surface area (Å²) in [6.45, 7) is 6.47. The monoisotopic (exact) mass is 349 g/mol. The Morgan fingerprint density at radius 2 is 1.88 bits per heavy atom. The van der Waals surface area contributed by atoms with Gasteiger partial charge in [-0.2, -0.15) is 14.6 Å². The molecule has 0 saturated heterocycles. The van der Waals surface area contributed by atoms with Crippen molar-refractivity contribution in [3.63, 3.8) is 0 Å². The zero-order chi connectivity index (χ0) is 18.3. The van der Waals surface area contributed by atoms with Crippen molar-refractivity contribution in [2.45, 2.75) is 27.3 Å². The lowest BCUT2D eigenvalue weighted by Crippen LogP contribution is -2.20. The van der Waals surface area contributed by atoms with E-state index in [-0.39, 0.29) is 0 Å². The van der Waals surface area contributed by atoms with Crippen LogP contribution < -0.4 is 4.90 Å². The molecule has 26 heavy (non-hydrogen) atoms. The standard InChI is InChI=1S/C18H19N7O/c1-11-9-16(25-18(20-11)12(2)13(3)22-25)24(4)10-15-21-17(23-26-15)14-5-7-19-8-6-14/h5-9H,10H2,1-4H3. The SMILES string of the molecule is Cc1cc(N(C)Cc2nc(-c3ccncc3)no2)n2nc(C)c(C)c2n1. The first-order valence-corrected chi connectivity index (χ1v) is 8.30. The molecule has 0 spiro atoms. The molecule has 0 atom stereocenters. The molecule has 0 unspecified atom stereocenters. The van der Waals surface area contributed by atoms with Gasteiger partial charge in [-0.1, -0.05) is 5.16 Å². The molecule has 0 fully saturated rings. The fourth-order valence-corrected chi connectivity index (χ4v) is 2.82. The van der Waals surface area contributed by atoms with Crippen molar-refractivity contribution in [1.29, 1.82) is 0 Å². The summed E-state index contributed by atoms with van der Waals surface area (Å²) in [6, 6.07) is 5.70. The van der Waals surface area contributed by atoms with Gasteiger partial charge in [0.25, 0.3) is 0 Å². The van der Waals surface area contributed by atoms with Gasteiger partial charge in [0.1, 0.15) is 5.82 Å². The largest absolute Gasteiger partial charge is 0.350 e. The van der Waals surface area contributed by atoms with Gasteiger partial charge in [-0.05, 0) is 32.9 Å². The van der Waals surface area contributed by atoms with Gasteiger partial charge >= 0.3 is 0 Å². The normalized spacial score (nSPS) is 11.2. The minimum absolute atomic E-state index is 0.467. The summed E-state index contributed by atoms with van der Waals surface area (Å²) < 4.78 is 7.27. The van der Waals surface area contributed by atoms with Crippen LogP contribution in [0.1, 0.15) is 22.8 Å². The number of hydrogen-bond donors (Lipinski definition) is 0. The lowest BCUT2D eigenvalue weighted by Gasteiger charge is -2.18. The summed E-state index contributed by atoms with van der Waals surface area (Å²) in [7, 11) is 1.97. The van der Waals surface area contributed by atoms with E-state index in [0.29, 0.717) is 18.3 Å². The van der Waals surface area contributed by atoms with Crippen LogP contribution in [0.2, 0.25) is 0 Å². The highest BCUT2D eigenvalue weighted by Crippen LogP contribution is 2.22. The second-order valence-corrected chi connectivity index (χ2v) is 6.31. The molecule has 4 aromatic rings. The Labute approximate surface area is 150 Å². The van der Waals surface area contributed by atoms with Crippen molar-refractivity contribution in [3.8, 4) is 11.4 Å². The predicted octanol–water partition coefficient (Wildman–Crippen LogP) is 2.74. The molecule has 0 saturated carbocycles. The fourth-order valence-electron chi connectivity index (χ4n) is 2.82. The van der Waals surface area contributed by atoms with Crippen LogP contribution >= 0.6 is 0 Å². The van der Waals surface area contributed by atoms with Gasteiger partial charge in [0.2, 0.25) is 11.7 Å². The Morgan fingerprint density at radius 3 is 2.65 bits per heavy atom. The van der Waals surface area contributed by atoms with E-state index in [1.165, 1.54) is 0 Å². The van der Waals surface area contributed by atoms with E-state index >= 15 is 0 Å². The van der Waals surface area contributed by atoms with Gasteiger partial charge in [-0.25, -0.2) is 4.98 Å². The van der Waals surface area contributed by atoms with E-state index in [1.54, 1.807) is 12.4 Å². The molecule has 0 aliphatic heterocycles. The number of fused-ring (bicyclic) bond motifs is 1. The van der Waals surface area contributed by atoms with E-state index < -0.39 is 0 Å². The van der Waals surface area contributed by atoms with Crippen molar-refractivity contribution >= 4 is 11.5 Å². The molecule has 8 nitrogen and oxygen atoms in total. The van der Waals surface area contributed by atoms with Crippen molar-refractivity contribution in [1.82, 2.24) is 29.7 Å². The van der Waals surface area contributed by atoms with Crippen molar-refractivity contribution in [2.75, 3.05) is 11.9 Å². The van der Waals surface area contributed by atoms with E-state index in [2.05, 4.69) is 25.2 Å². The summed E-state index contributed by atoms with van der Waals surface area (Å²) >= 11 is 0. The molecule has 4 heterocycles. The maximum Gasteiger partial charge on any atom is 0.246 e. The van der Waals surface area contributed by atoms with E-state index in [1.807, 2.05) is 55.4 Å². The number of anilines is 1. The smallest absolute Gasteiger partial charge is 0.246 e. The molecule has 0 aromatic carbocycles. The summed E-state index contributed by atoms with van der Waals surface area (Å²) in [5.41, 5.74) is 4.73. The third-order valence-electron chi connectivity index (χ3n) is 4.34. The van der Waals surface area contributed by atoms with Crippen molar-refractivity contribution in [2.24, 2.45) is 0 Å². The molecule has 0 aliphatic carbocycles. The zero-order valence-electron chi connectivity index (χ0n) is 15.1. The number of pyridine rings is 1. The van der Waals surface area contributed by atoms with Crippen LogP contribution in [0.15, 0.2) is 35.1 Å². The van der Waals surface area contributed by atoms with Gasteiger partial charge in [0.15, 0.2) is 5.65 Å². The molecule has 0 aliphatic rings. The van der Waals surface area contributed by atoms with Crippen LogP contribution in [0.5, 0.6) is 0 Å². The van der Waals surface area contributed by atoms with Crippen LogP contribution in [0.4, 0.5) is 5.82 Å². The lowest BCUT2D eigenvalue weighted by atomic mass is 10.2. The number of hydrogen-bond acceptors (Lipinski definition) is 7. The molecule has 132 valence electrons. The van der Waals surface area contributed by atoms with Crippen LogP contribution in [0.25, 0.3) is 17.0 Å². The third-order valence-corrected chi connectivity index (χ3v) is 4.34. The molecular formula is C18H19N7O. The number of rotatable bonds is 4. The summed E-state index contributed by atoms with van der Waals surface area (Å²) in [5, 5.41) is 8.66. The number of nitrogens with zero attached hydrogens (tertiary/aromatic N) is 7. The second-order valence-electron chi connectivity index (χ2n) is 6.31. The Morgan fingerprint density at radius 1 is 1.12 bits per heavy atom. The minimum Gasteiger partial charge on any atom is -0.350 e. The Hall–Kier alpha value is -3.29. The molecule has 8 heteroatoms. The summed E-state index contributed by atoms with van der Waals surface area (Å²) in [5.74, 6) is 2.01. The molecular weight excluding hydrogens is 330 g/mol. The highest BCUT2D eigenvalue weighted by molar-refractivity contribution is 5.57. The van der Waals surface area contributed by atoms with E-state index in [4.69, 9.17) is 4.52 Å². The van der Waals surface area contributed by atoms with Gasteiger partial charge in [-0.15, -0.1) is 0 Å². The van der Waals surface area contributed by atoms with E-state index in [9.17, 15) is 0 Å². The average Bonchev–Trinajstić information content (AvgIpc) is 3.21. The van der Waals surface area contributed by atoms with E-state index in [0.717, 1.165) is 34.0 Å². The highest BCUT2D eigenvalue weighted by Gasteiger charge is 2.16. The zero-order valence-corrected chi connectivity index (χ0v) is 15.1. The maximum atomic E-state index is 5.41. The third kappa shape index (κ3) is 2.79. The first-order chi connectivity index (χ1) is 12.5. The Balaban J connectivity index is 1.65. The molecule has 0 amide bonds. The quantitative estimate of drug-likeness (QED) is 0.560. The molecule has 0 bridgehead atoms. The fraction of sp³-hybridized carbons (Fsp3) is 0.278. The van der Waals surface area contributed by atoms with Gasteiger partial charge in [0.05, 0.1) is 12.2 Å². The van der Waals surface area contributed by atoms with Crippen molar-refractivity contribution in [3.05, 3.63) is 53.4 Å². The molecule has 0 N–H and O–H groups in total. The highest BCUT2D eigenvalue weighted by atomic mass is 16.5. The Kier molecular flexibility index (Phi) is 3.87. The second kappa shape index (κ2) is 6.21. The predicted molar refractivity (Wildman–Crippen MR) is 96.8 cm³/mol. The van der Waals surface area contributed by atoms with Gasteiger partial charge in [-0.3, -0.25) is 4.98 Å².